The zero-order chi connectivity index (χ0) is 13.1. The molecule has 0 aromatic heterocycles. The Kier molecular flexibility index (Phi) is 3.81. The lowest BCUT2D eigenvalue weighted by molar-refractivity contribution is -0.384. The highest BCUT2D eigenvalue weighted by Gasteiger charge is 2.18. The summed E-state index contributed by atoms with van der Waals surface area (Å²) < 4.78 is 0. The molecule has 5 heteroatoms. The Hall–Kier alpha value is -1.62. The van der Waals surface area contributed by atoms with Crippen molar-refractivity contribution in [3.63, 3.8) is 0 Å². The third-order valence-electron chi connectivity index (χ3n) is 3.51. The van der Waals surface area contributed by atoms with Crippen molar-refractivity contribution >= 4 is 11.4 Å². The average molecular weight is 249 g/mol. The molecule has 1 aliphatic rings. The number of hydrogen-bond acceptors (Lipinski definition) is 4. The Morgan fingerprint density at radius 2 is 2.06 bits per heavy atom. The summed E-state index contributed by atoms with van der Waals surface area (Å²) in [6.07, 6.45) is 2.16. The number of nitro groups is 1. The fourth-order valence-electron chi connectivity index (χ4n) is 2.25. The van der Waals surface area contributed by atoms with Crippen LogP contribution >= 0.6 is 0 Å². The van der Waals surface area contributed by atoms with Gasteiger partial charge in [0.05, 0.1) is 4.92 Å². The van der Waals surface area contributed by atoms with E-state index in [9.17, 15) is 10.1 Å². The largest absolute Gasteiger partial charge is 0.382 e. The fraction of sp³-hybridized carbons (Fsp3) is 0.538. The zero-order valence-electron chi connectivity index (χ0n) is 10.8. The van der Waals surface area contributed by atoms with E-state index in [1.54, 1.807) is 18.2 Å². The van der Waals surface area contributed by atoms with Gasteiger partial charge in [-0.25, -0.2) is 0 Å². The predicted molar refractivity (Wildman–Crippen MR) is 72.0 cm³/mol. The van der Waals surface area contributed by atoms with Crippen LogP contribution in [0.1, 0.15) is 18.4 Å². The lowest BCUT2D eigenvalue weighted by atomic mass is 10.0. The second-order valence-electron chi connectivity index (χ2n) is 4.98. The summed E-state index contributed by atoms with van der Waals surface area (Å²) in [5, 5.41) is 14.2. The maximum absolute atomic E-state index is 10.8. The van der Waals surface area contributed by atoms with Crippen LogP contribution in [0, 0.1) is 17.0 Å². The summed E-state index contributed by atoms with van der Waals surface area (Å²) in [6, 6.07) is 5.40. The summed E-state index contributed by atoms with van der Waals surface area (Å²) in [5.74, 6) is 0. The first-order valence-corrected chi connectivity index (χ1v) is 6.26. The Morgan fingerprint density at radius 1 is 1.39 bits per heavy atom. The van der Waals surface area contributed by atoms with Crippen molar-refractivity contribution in [1.29, 1.82) is 0 Å². The lowest BCUT2D eigenvalue weighted by Crippen LogP contribution is -2.36. The molecule has 5 nitrogen and oxygen atoms in total. The van der Waals surface area contributed by atoms with Crippen LogP contribution < -0.4 is 5.32 Å². The molecule has 1 saturated heterocycles. The molecule has 0 bridgehead atoms. The topological polar surface area (TPSA) is 58.4 Å². The summed E-state index contributed by atoms with van der Waals surface area (Å²) in [6.45, 7) is 4.12. The molecule has 18 heavy (non-hydrogen) atoms. The average Bonchev–Trinajstić information content (AvgIpc) is 2.34. The number of anilines is 1. The van der Waals surface area contributed by atoms with E-state index in [0.29, 0.717) is 6.04 Å². The molecule has 0 atom stereocenters. The molecule has 0 aliphatic carbocycles. The van der Waals surface area contributed by atoms with E-state index in [1.807, 2.05) is 6.92 Å². The molecule has 1 aromatic rings. The maximum Gasteiger partial charge on any atom is 0.271 e. The molecule has 0 saturated carbocycles. The van der Waals surface area contributed by atoms with Crippen molar-refractivity contribution in [3.8, 4) is 0 Å². The molecule has 1 fully saturated rings. The third kappa shape index (κ3) is 2.98. The number of non-ortho nitro benzene ring substituents is 1. The molecule has 0 amide bonds. The van der Waals surface area contributed by atoms with Crippen molar-refractivity contribution in [2.75, 3.05) is 25.5 Å². The van der Waals surface area contributed by atoms with Crippen LogP contribution in [0.15, 0.2) is 18.2 Å². The number of hydrogen-bond donors (Lipinski definition) is 1. The van der Waals surface area contributed by atoms with Gasteiger partial charge in [-0.1, -0.05) is 6.07 Å². The first kappa shape index (κ1) is 12.8. The number of aryl methyl sites for hydroxylation is 1. The van der Waals surface area contributed by atoms with E-state index in [2.05, 4.69) is 17.3 Å². The Balaban J connectivity index is 2.08. The molecule has 2 rings (SSSR count). The minimum Gasteiger partial charge on any atom is -0.382 e. The van der Waals surface area contributed by atoms with Gasteiger partial charge >= 0.3 is 0 Å². The van der Waals surface area contributed by atoms with Gasteiger partial charge < -0.3 is 10.2 Å². The summed E-state index contributed by atoms with van der Waals surface area (Å²) in [5.41, 5.74) is 2.09. The van der Waals surface area contributed by atoms with Gasteiger partial charge in [-0.2, -0.15) is 0 Å². The molecule has 0 unspecified atom stereocenters. The van der Waals surface area contributed by atoms with Gasteiger partial charge in [0.2, 0.25) is 0 Å². The van der Waals surface area contributed by atoms with E-state index in [1.165, 1.54) is 0 Å². The maximum atomic E-state index is 10.8. The van der Waals surface area contributed by atoms with Gasteiger partial charge in [0.15, 0.2) is 0 Å². The first-order chi connectivity index (χ1) is 8.56. The molecule has 1 aliphatic heterocycles. The molecular formula is C13H19N3O2. The van der Waals surface area contributed by atoms with Crippen LogP contribution in [-0.4, -0.2) is 36.0 Å². The third-order valence-corrected chi connectivity index (χ3v) is 3.51. The van der Waals surface area contributed by atoms with Gasteiger partial charge in [0.1, 0.15) is 0 Å². The summed E-state index contributed by atoms with van der Waals surface area (Å²) >= 11 is 0. The molecule has 0 radical (unpaired) electrons. The lowest BCUT2D eigenvalue weighted by Gasteiger charge is -2.30. The zero-order valence-corrected chi connectivity index (χ0v) is 10.8. The van der Waals surface area contributed by atoms with E-state index < -0.39 is 0 Å². The summed E-state index contributed by atoms with van der Waals surface area (Å²) in [7, 11) is 2.12. The number of nitrogens with zero attached hydrogens (tertiary/aromatic N) is 2. The molecule has 98 valence electrons. The first-order valence-electron chi connectivity index (χ1n) is 6.26. The highest BCUT2D eigenvalue weighted by atomic mass is 16.6. The van der Waals surface area contributed by atoms with Crippen LogP contribution in [0.5, 0.6) is 0 Å². The molecule has 1 N–H and O–H groups in total. The quantitative estimate of drug-likeness (QED) is 0.660. The van der Waals surface area contributed by atoms with Crippen molar-refractivity contribution in [3.05, 3.63) is 33.9 Å². The monoisotopic (exact) mass is 249 g/mol. The highest BCUT2D eigenvalue weighted by Crippen LogP contribution is 2.24. The highest BCUT2D eigenvalue weighted by molar-refractivity contribution is 5.57. The Labute approximate surface area is 107 Å². The van der Waals surface area contributed by atoms with Crippen molar-refractivity contribution < 1.29 is 4.92 Å². The predicted octanol–water partition coefficient (Wildman–Crippen LogP) is 2.41. The van der Waals surface area contributed by atoms with E-state index in [-0.39, 0.29) is 10.6 Å². The number of likely N-dealkylation sites (tertiary alicyclic amines) is 1. The van der Waals surface area contributed by atoms with Gasteiger partial charge in [0.25, 0.3) is 5.69 Å². The van der Waals surface area contributed by atoms with Crippen LogP contribution in [0.2, 0.25) is 0 Å². The van der Waals surface area contributed by atoms with Crippen molar-refractivity contribution in [2.45, 2.75) is 25.8 Å². The second kappa shape index (κ2) is 5.35. The van der Waals surface area contributed by atoms with Crippen LogP contribution in [0.25, 0.3) is 0 Å². The minimum absolute atomic E-state index is 0.149. The van der Waals surface area contributed by atoms with Crippen LogP contribution in [-0.2, 0) is 0 Å². The standard InChI is InChI=1S/C13H19N3O2/c1-10-3-4-12(16(17)18)9-13(10)14-11-5-7-15(2)8-6-11/h3-4,9,11,14H,5-8H2,1-2H3. The van der Waals surface area contributed by atoms with E-state index in [4.69, 9.17) is 0 Å². The van der Waals surface area contributed by atoms with Gasteiger partial charge in [-0.15, -0.1) is 0 Å². The van der Waals surface area contributed by atoms with Crippen molar-refractivity contribution in [2.24, 2.45) is 0 Å². The second-order valence-corrected chi connectivity index (χ2v) is 4.98. The number of benzene rings is 1. The smallest absolute Gasteiger partial charge is 0.271 e. The summed E-state index contributed by atoms with van der Waals surface area (Å²) in [4.78, 5) is 12.7. The molecular weight excluding hydrogens is 230 g/mol. The van der Waals surface area contributed by atoms with Crippen LogP contribution in [0.4, 0.5) is 11.4 Å². The SMILES string of the molecule is Cc1ccc([N+](=O)[O-])cc1NC1CCN(C)CC1. The van der Waals surface area contributed by atoms with E-state index >= 15 is 0 Å². The molecule has 1 heterocycles. The number of nitrogens with one attached hydrogen (secondary N) is 1. The van der Waals surface area contributed by atoms with Crippen molar-refractivity contribution in [1.82, 2.24) is 4.90 Å². The van der Waals surface area contributed by atoms with Crippen LogP contribution in [0.3, 0.4) is 0 Å². The molecule has 0 spiro atoms. The number of piperidine rings is 1. The van der Waals surface area contributed by atoms with Gasteiger partial charge in [0, 0.05) is 23.9 Å². The molecule has 1 aromatic carbocycles. The number of rotatable bonds is 3. The number of nitro benzene ring substituents is 1. The van der Waals surface area contributed by atoms with E-state index in [0.717, 1.165) is 37.2 Å². The Morgan fingerprint density at radius 3 is 2.67 bits per heavy atom. The van der Waals surface area contributed by atoms with Gasteiger partial charge in [-0.05, 0) is 45.5 Å². The fourth-order valence-corrected chi connectivity index (χ4v) is 2.25. The Bertz CT molecular complexity index is 440. The van der Waals surface area contributed by atoms with Gasteiger partial charge in [-0.3, -0.25) is 10.1 Å². The normalized spacial score (nSPS) is 17.7. The minimum atomic E-state index is -0.348.